The standard InChI is InChI=1S/C19H26N4OS/c1-21-9-11-22(12-10-21)14-18(24)23-8-4-5-15(13-23)19-20-16-6-2-3-7-17(16)25-19/h2-3,6-7,15H,4-5,8-14H2,1H3/p+2/t15-/m1/s1. The summed E-state index contributed by atoms with van der Waals surface area (Å²) in [7, 11) is 2.24. The first-order chi connectivity index (χ1) is 12.2. The van der Waals surface area contributed by atoms with Crippen LogP contribution in [0, 0.1) is 0 Å². The van der Waals surface area contributed by atoms with Gasteiger partial charge in [-0.25, -0.2) is 4.98 Å². The molecular formula is C19H28N4OS+2. The maximum atomic E-state index is 12.8. The van der Waals surface area contributed by atoms with Gasteiger partial charge in [0.1, 0.15) is 26.2 Å². The molecule has 0 spiro atoms. The Labute approximate surface area is 153 Å². The fourth-order valence-corrected chi connectivity index (χ4v) is 5.10. The number of likely N-dealkylation sites (tertiary alicyclic amines) is 1. The molecule has 0 radical (unpaired) electrons. The molecule has 0 unspecified atom stereocenters. The summed E-state index contributed by atoms with van der Waals surface area (Å²) in [6, 6.07) is 8.34. The largest absolute Gasteiger partial charge is 0.337 e. The normalized spacial score (nSPS) is 27.6. The highest BCUT2D eigenvalue weighted by atomic mass is 32.1. The lowest BCUT2D eigenvalue weighted by Gasteiger charge is -2.33. The van der Waals surface area contributed by atoms with Crippen molar-refractivity contribution in [3.63, 3.8) is 0 Å². The molecule has 1 aromatic carbocycles. The number of piperidine rings is 1. The fourth-order valence-electron chi connectivity index (χ4n) is 4.00. The second-order valence-electron chi connectivity index (χ2n) is 7.58. The zero-order valence-corrected chi connectivity index (χ0v) is 15.8. The zero-order valence-electron chi connectivity index (χ0n) is 15.0. The second-order valence-corrected chi connectivity index (χ2v) is 8.64. The minimum absolute atomic E-state index is 0.334. The molecule has 1 amide bonds. The Hall–Kier alpha value is -1.50. The summed E-state index contributed by atoms with van der Waals surface area (Å²) in [6.07, 6.45) is 2.24. The van der Waals surface area contributed by atoms with E-state index in [0.717, 1.165) is 44.5 Å². The smallest absolute Gasteiger partial charge is 0.277 e. The van der Waals surface area contributed by atoms with Crippen molar-refractivity contribution in [2.75, 3.05) is 52.9 Å². The minimum Gasteiger partial charge on any atom is -0.337 e. The van der Waals surface area contributed by atoms with Crippen LogP contribution in [-0.2, 0) is 4.79 Å². The number of amides is 1. The minimum atomic E-state index is 0.334. The highest BCUT2D eigenvalue weighted by Crippen LogP contribution is 2.32. The van der Waals surface area contributed by atoms with Crippen molar-refractivity contribution < 1.29 is 14.6 Å². The van der Waals surface area contributed by atoms with Gasteiger partial charge < -0.3 is 14.7 Å². The average Bonchev–Trinajstić information content (AvgIpc) is 3.08. The van der Waals surface area contributed by atoms with E-state index in [4.69, 9.17) is 4.98 Å². The molecule has 2 saturated heterocycles. The summed E-state index contributed by atoms with van der Waals surface area (Å²) in [6.45, 7) is 7.02. The lowest BCUT2D eigenvalue weighted by molar-refractivity contribution is -1.000. The molecule has 0 aliphatic carbocycles. The number of benzene rings is 1. The molecule has 1 aromatic heterocycles. The molecule has 2 fully saturated rings. The van der Waals surface area contributed by atoms with Gasteiger partial charge in [0.2, 0.25) is 0 Å². The van der Waals surface area contributed by atoms with Crippen molar-refractivity contribution in [2.45, 2.75) is 18.8 Å². The molecule has 3 heterocycles. The SMILES string of the molecule is C[NH+]1CC[NH+](CC(=O)N2CCC[C@@H](c3nc4ccccc4s3)C2)CC1. The van der Waals surface area contributed by atoms with Gasteiger partial charge in [-0.1, -0.05) is 12.1 Å². The summed E-state index contributed by atoms with van der Waals surface area (Å²) >= 11 is 1.80. The molecule has 1 atom stereocenters. The number of hydrogen-bond donors (Lipinski definition) is 2. The summed E-state index contributed by atoms with van der Waals surface area (Å²) in [5.74, 6) is 0.738. The zero-order chi connectivity index (χ0) is 17.2. The Balaban J connectivity index is 1.39. The maximum absolute atomic E-state index is 12.8. The van der Waals surface area contributed by atoms with Crippen LogP contribution >= 0.6 is 11.3 Å². The summed E-state index contributed by atoms with van der Waals surface area (Å²) in [5.41, 5.74) is 1.09. The first-order valence-electron chi connectivity index (χ1n) is 9.47. The number of nitrogens with zero attached hydrogens (tertiary/aromatic N) is 2. The van der Waals surface area contributed by atoms with Gasteiger partial charge in [-0.05, 0) is 25.0 Å². The fraction of sp³-hybridized carbons (Fsp3) is 0.579. The van der Waals surface area contributed by atoms with Crippen molar-refractivity contribution in [3.8, 4) is 0 Å². The third-order valence-corrected chi connectivity index (χ3v) is 6.84. The third kappa shape index (κ3) is 3.86. The van der Waals surface area contributed by atoms with Gasteiger partial charge in [0, 0.05) is 19.0 Å². The number of likely N-dealkylation sites (N-methyl/N-ethyl adjacent to an activating group) is 1. The molecule has 2 aromatic rings. The first kappa shape index (κ1) is 16.9. The van der Waals surface area contributed by atoms with E-state index in [9.17, 15) is 4.79 Å². The monoisotopic (exact) mass is 360 g/mol. The molecule has 5 nitrogen and oxygen atoms in total. The number of carbonyl (C=O) groups excluding carboxylic acids is 1. The summed E-state index contributed by atoms with van der Waals surface area (Å²) in [5, 5.41) is 1.20. The van der Waals surface area contributed by atoms with Gasteiger partial charge >= 0.3 is 0 Å². The molecule has 134 valence electrons. The number of piperazine rings is 1. The molecule has 2 aliphatic heterocycles. The van der Waals surface area contributed by atoms with E-state index in [1.54, 1.807) is 16.2 Å². The molecule has 2 aliphatic rings. The van der Waals surface area contributed by atoms with Crippen LogP contribution in [-0.4, -0.2) is 68.7 Å². The molecule has 4 rings (SSSR count). The predicted molar refractivity (Wildman–Crippen MR) is 100 cm³/mol. The van der Waals surface area contributed by atoms with Crippen LogP contribution in [0.1, 0.15) is 23.8 Å². The maximum Gasteiger partial charge on any atom is 0.277 e. The van der Waals surface area contributed by atoms with E-state index in [1.807, 2.05) is 6.07 Å². The Bertz CT molecular complexity index is 705. The van der Waals surface area contributed by atoms with Gasteiger partial charge in [0.05, 0.1) is 22.3 Å². The average molecular weight is 361 g/mol. The Morgan fingerprint density at radius 2 is 2.08 bits per heavy atom. The lowest BCUT2D eigenvalue weighted by Crippen LogP contribution is -3.27. The van der Waals surface area contributed by atoms with Crippen LogP contribution in [0.25, 0.3) is 10.2 Å². The van der Waals surface area contributed by atoms with Gasteiger partial charge in [0.25, 0.3) is 5.91 Å². The molecule has 0 saturated carbocycles. The summed E-state index contributed by atoms with van der Waals surface area (Å²) in [4.78, 5) is 22.7. The van der Waals surface area contributed by atoms with Crippen LogP contribution in [0.5, 0.6) is 0 Å². The highest BCUT2D eigenvalue weighted by molar-refractivity contribution is 7.18. The number of carbonyl (C=O) groups is 1. The number of rotatable bonds is 3. The number of thiazole rings is 1. The molecule has 6 heteroatoms. The Kier molecular flexibility index (Phi) is 5.01. The van der Waals surface area contributed by atoms with Gasteiger partial charge in [-0.3, -0.25) is 4.79 Å². The van der Waals surface area contributed by atoms with Crippen molar-refractivity contribution >= 4 is 27.5 Å². The van der Waals surface area contributed by atoms with Crippen LogP contribution in [0.3, 0.4) is 0 Å². The molecule has 2 N–H and O–H groups in total. The van der Waals surface area contributed by atoms with E-state index < -0.39 is 0 Å². The number of quaternary nitrogens is 2. The number of aromatic nitrogens is 1. The lowest BCUT2D eigenvalue weighted by atomic mass is 9.98. The van der Waals surface area contributed by atoms with Crippen molar-refractivity contribution in [3.05, 3.63) is 29.3 Å². The molecule has 0 bridgehead atoms. The Morgan fingerprint density at radius 3 is 2.88 bits per heavy atom. The van der Waals surface area contributed by atoms with Crippen LogP contribution in [0.4, 0.5) is 0 Å². The predicted octanol–water partition coefficient (Wildman–Crippen LogP) is -0.584. The van der Waals surface area contributed by atoms with E-state index >= 15 is 0 Å². The van der Waals surface area contributed by atoms with E-state index in [1.165, 1.54) is 27.7 Å². The van der Waals surface area contributed by atoms with Crippen LogP contribution in [0.2, 0.25) is 0 Å². The number of hydrogen-bond acceptors (Lipinski definition) is 3. The molecule has 25 heavy (non-hydrogen) atoms. The van der Waals surface area contributed by atoms with Crippen molar-refractivity contribution in [2.24, 2.45) is 0 Å². The van der Waals surface area contributed by atoms with Gasteiger partial charge in [-0.15, -0.1) is 11.3 Å². The van der Waals surface area contributed by atoms with E-state index in [0.29, 0.717) is 18.4 Å². The number of fused-ring (bicyclic) bond motifs is 1. The van der Waals surface area contributed by atoms with Crippen molar-refractivity contribution in [1.29, 1.82) is 0 Å². The number of nitrogens with one attached hydrogen (secondary N) is 2. The highest BCUT2D eigenvalue weighted by Gasteiger charge is 2.30. The second kappa shape index (κ2) is 7.40. The Morgan fingerprint density at radius 1 is 1.28 bits per heavy atom. The molecular weight excluding hydrogens is 332 g/mol. The van der Waals surface area contributed by atoms with Crippen LogP contribution in [0.15, 0.2) is 24.3 Å². The van der Waals surface area contributed by atoms with E-state index in [2.05, 4.69) is 30.1 Å². The number of para-hydroxylation sites is 1. The van der Waals surface area contributed by atoms with Gasteiger partial charge in [-0.2, -0.15) is 0 Å². The summed E-state index contributed by atoms with van der Waals surface area (Å²) < 4.78 is 1.25. The topological polar surface area (TPSA) is 42.1 Å². The van der Waals surface area contributed by atoms with E-state index in [-0.39, 0.29) is 0 Å². The first-order valence-corrected chi connectivity index (χ1v) is 10.3. The third-order valence-electron chi connectivity index (χ3n) is 5.65. The van der Waals surface area contributed by atoms with Crippen LogP contribution < -0.4 is 9.80 Å². The van der Waals surface area contributed by atoms with Crippen molar-refractivity contribution in [1.82, 2.24) is 9.88 Å². The quantitative estimate of drug-likeness (QED) is 0.769. The van der Waals surface area contributed by atoms with Gasteiger partial charge in [0.15, 0.2) is 6.54 Å².